The Hall–Kier alpha value is -1.60. The number of rotatable bonds is 3. The highest BCUT2D eigenvalue weighted by molar-refractivity contribution is 5.43. The molecule has 1 N–H and O–H groups in total. The van der Waals surface area contributed by atoms with Crippen LogP contribution in [-0.4, -0.2) is 11.2 Å². The molecule has 0 heterocycles. The Morgan fingerprint density at radius 2 is 2.27 bits per heavy atom. The van der Waals surface area contributed by atoms with Crippen LogP contribution in [0.15, 0.2) is 12.1 Å². The number of nitriles is 1. The summed E-state index contributed by atoms with van der Waals surface area (Å²) in [5.41, 5.74) is 0.334. The van der Waals surface area contributed by atoms with Gasteiger partial charge in [-0.05, 0) is 18.9 Å². The first kappa shape index (κ1) is 9.94. The van der Waals surface area contributed by atoms with Gasteiger partial charge in [-0.25, -0.2) is 4.39 Å². The molecule has 0 aromatic heterocycles. The second kappa shape index (κ2) is 3.87. The van der Waals surface area contributed by atoms with Gasteiger partial charge in [0.25, 0.3) is 0 Å². The predicted molar refractivity (Wildman–Crippen MR) is 50.7 cm³/mol. The summed E-state index contributed by atoms with van der Waals surface area (Å²) >= 11 is 0. The quantitative estimate of drug-likeness (QED) is 0.821. The van der Waals surface area contributed by atoms with E-state index in [4.69, 9.17) is 15.1 Å². The molecule has 15 heavy (non-hydrogen) atoms. The Bertz CT molecular complexity index is 421. The fourth-order valence-corrected chi connectivity index (χ4v) is 1.28. The average molecular weight is 207 g/mol. The van der Waals surface area contributed by atoms with E-state index in [-0.39, 0.29) is 18.3 Å². The first-order chi connectivity index (χ1) is 7.24. The zero-order valence-electron chi connectivity index (χ0n) is 8.03. The van der Waals surface area contributed by atoms with Crippen molar-refractivity contribution in [1.82, 2.24) is 0 Å². The minimum atomic E-state index is -0.621. The van der Waals surface area contributed by atoms with Gasteiger partial charge in [-0.15, -0.1) is 0 Å². The molecule has 0 aliphatic heterocycles. The van der Waals surface area contributed by atoms with Crippen LogP contribution in [0.1, 0.15) is 24.0 Å². The molecule has 4 heteroatoms. The number of aliphatic hydroxyl groups excluding tert-OH is 1. The van der Waals surface area contributed by atoms with Crippen molar-refractivity contribution in [2.45, 2.75) is 25.6 Å². The molecular formula is C11H10FNO2. The highest BCUT2D eigenvalue weighted by Crippen LogP contribution is 2.30. The maximum absolute atomic E-state index is 13.2. The third kappa shape index (κ3) is 2.08. The van der Waals surface area contributed by atoms with Gasteiger partial charge >= 0.3 is 0 Å². The normalized spacial score (nSPS) is 14.7. The van der Waals surface area contributed by atoms with Crippen LogP contribution in [0.5, 0.6) is 5.75 Å². The lowest BCUT2D eigenvalue weighted by molar-refractivity contribution is 0.257. The van der Waals surface area contributed by atoms with Gasteiger partial charge in [0.05, 0.1) is 18.3 Å². The Morgan fingerprint density at radius 3 is 2.80 bits per heavy atom. The zero-order chi connectivity index (χ0) is 10.8. The van der Waals surface area contributed by atoms with E-state index in [0.717, 1.165) is 18.9 Å². The van der Waals surface area contributed by atoms with Gasteiger partial charge in [-0.2, -0.15) is 5.26 Å². The molecule has 1 aromatic rings. The topological polar surface area (TPSA) is 53.2 Å². The molecule has 78 valence electrons. The Morgan fingerprint density at radius 1 is 1.53 bits per heavy atom. The van der Waals surface area contributed by atoms with Gasteiger partial charge < -0.3 is 9.84 Å². The van der Waals surface area contributed by atoms with Crippen molar-refractivity contribution in [2.24, 2.45) is 0 Å². The van der Waals surface area contributed by atoms with Crippen molar-refractivity contribution < 1.29 is 14.2 Å². The van der Waals surface area contributed by atoms with E-state index in [1.165, 1.54) is 6.07 Å². The molecule has 0 radical (unpaired) electrons. The predicted octanol–water partition coefficient (Wildman–Crippen LogP) is 1.73. The number of nitrogens with zero attached hydrogens (tertiary/aromatic N) is 1. The van der Waals surface area contributed by atoms with Crippen LogP contribution in [0, 0.1) is 17.1 Å². The molecule has 2 rings (SSSR count). The maximum atomic E-state index is 13.2. The molecule has 1 saturated carbocycles. The molecule has 0 spiro atoms. The lowest BCUT2D eigenvalue weighted by Crippen LogP contribution is -2.01. The summed E-state index contributed by atoms with van der Waals surface area (Å²) in [6, 6.07) is 4.24. The van der Waals surface area contributed by atoms with Crippen LogP contribution in [0.25, 0.3) is 0 Å². The van der Waals surface area contributed by atoms with Gasteiger partial charge in [-0.1, -0.05) is 0 Å². The van der Waals surface area contributed by atoms with Crippen LogP contribution in [0.3, 0.4) is 0 Å². The minimum absolute atomic E-state index is 0.0529. The fourth-order valence-electron chi connectivity index (χ4n) is 1.28. The Labute approximate surface area is 86.7 Å². The van der Waals surface area contributed by atoms with E-state index in [2.05, 4.69) is 0 Å². The average Bonchev–Trinajstić information content (AvgIpc) is 3.04. The van der Waals surface area contributed by atoms with Crippen molar-refractivity contribution in [3.8, 4) is 11.8 Å². The molecular weight excluding hydrogens is 197 g/mol. The number of ether oxygens (including phenoxy) is 1. The van der Waals surface area contributed by atoms with E-state index >= 15 is 0 Å². The minimum Gasteiger partial charge on any atom is -0.490 e. The summed E-state index contributed by atoms with van der Waals surface area (Å²) in [4.78, 5) is 0. The van der Waals surface area contributed by atoms with Crippen molar-refractivity contribution in [3.05, 3.63) is 29.1 Å². The fraction of sp³-hybridized carbons (Fsp3) is 0.364. The monoisotopic (exact) mass is 207 g/mol. The summed E-state index contributed by atoms with van der Waals surface area (Å²) in [5, 5.41) is 17.7. The largest absolute Gasteiger partial charge is 0.490 e. The molecule has 1 aromatic carbocycles. The first-order valence-corrected chi connectivity index (χ1v) is 4.74. The zero-order valence-corrected chi connectivity index (χ0v) is 8.03. The van der Waals surface area contributed by atoms with Gasteiger partial charge in [0.2, 0.25) is 0 Å². The maximum Gasteiger partial charge on any atom is 0.141 e. The van der Waals surface area contributed by atoms with E-state index in [1.807, 2.05) is 0 Å². The molecule has 0 atom stereocenters. The number of aliphatic hydroxyl groups is 1. The summed E-state index contributed by atoms with van der Waals surface area (Å²) in [7, 11) is 0. The third-order valence-corrected chi connectivity index (χ3v) is 2.26. The van der Waals surface area contributed by atoms with Gasteiger partial charge in [-0.3, -0.25) is 0 Å². The number of hydrogen-bond acceptors (Lipinski definition) is 3. The van der Waals surface area contributed by atoms with Gasteiger partial charge in [0, 0.05) is 11.6 Å². The van der Waals surface area contributed by atoms with Crippen LogP contribution in [0.2, 0.25) is 0 Å². The number of halogens is 1. The van der Waals surface area contributed by atoms with Crippen LogP contribution in [0.4, 0.5) is 4.39 Å². The van der Waals surface area contributed by atoms with Crippen molar-refractivity contribution in [3.63, 3.8) is 0 Å². The summed E-state index contributed by atoms with van der Waals surface area (Å²) in [6.45, 7) is -0.287. The van der Waals surface area contributed by atoms with Crippen LogP contribution < -0.4 is 4.74 Å². The molecule has 1 aliphatic rings. The highest BCUT2D eigenvalue weighted by Gasteiger charge is 2.25. The summed E-state index contributed by atoms with van der Waals surface area (Å²) < 4.78 is 18.6. The number of benzene rings is 1. The third-order valence-electron chi connectivity index (χ3n) is 2.26. The molecule has 0 amide bonds. The lowest BCUT2D eigenvalue weighted by atomic mass is 10.1. The Balaban J connectivity index is 2.36. The van der Waals surface area contributed by atoms with E-state index in [9.17, 15) is 4.39 Å². The van der Waals surface area contributed by atoms with Gasteiger partial charge in [0.15, 0.2) is 0 Å². The van der Waals surface area contributed by atoms with Crippen LogP contribution >= 0.6 is 0 Å². The van der Waals surface area contributed by atoms with Crippen molar-refractivity contribution in [1.29, 1.82) is 5.26 Å². The van der Waals surface area contributed by atoms with Gasteiger partial charge in [0.1, 0.15) is 17.6 Å². The van der Waals surface area contributed by atoms with E-state index in [0.29, 0.717) is 11.3 Å². The molecule has 3 nitrogen and oxygen atoms in total. The SMILES string of the molecule is N#Cc1cc(OC2CC2)c(CO)cc1F. The molecule has 1 fully saturated rings. The summed E-state index contributed by atoms with van der Waals surface area (Å²) in [5.74, 6) is -0.206. The van der Waals surface area contributed by atoms with E-state index < -0.39 is 5.82 Å². The molecule has 0 bridgehead atoms. The Kier molecular flexibility index (Phi) is 2.57. The van der Waals surface area contributed by atoms with Crippen LogP contribution in [-0.2, 0) is 6.61 Å². The standard InChI is InChI=1S/C11H10FNO2/c12-10-3-8(6-14)11(4-7(10)5-13)15-9-1-2-9/h3-4,9,14H,1-2,6H2. The second-order valence-corrected chi connectivity index (χ2v) is 3.53. The number of hydrogen-bond donors (Lipinski definition) is 1. The van der Waals surface area contributed by atoms with Crippen molar-refractivity contribution >= 4 is 0 Å². The molecule has 0 saturated heterocycles. The smallest absolute Gasteiger partial charge is 0.141 e. The lowest BCUT2D eigenvalue weighted by Gasteiger charge is -2.09. The van der Waals surface area contributed by atoms with E-state index in [1.54, 1.807) is 6.07 Å². The van der Waals surface area contributed by atoms with Crippen molar-refractivity contribution in [2.75, 3.05) is 0 Å². The highest BCUT2D eigenvalue weighted by atomic mass is 19.1. The molecule has 1 aliphatic carbocycles. The first-order valence-electron chi connectivity index (χ1n) is 4.74. The summed E-state index contributed by atoms with van der Waals surface area (Å²) in [6.07, 6.45) is 2.11. The second-order valence-electron chi connectivity index (χ2n) is 3.53. The molecule has 0 unspecified atom stereocenters.